The van der Waals surface area contributed by atoms with Gasteiger partial charge in [-0.25, -0.2) is 4.79 Å². The van der Waals surface area contributed by atoms with Crippen molar-refractivity contribution in [1.29, 1.82) is 0 Å². The maximum Gasteiger partial charge on any atom is 0.335 e. The number of hydrogen-bond donors (Lipinski definition) is 1. The van der Waals surface area contributed by atoms with E-state index in [4.69, 9.17) is 17.3 Å². The maximum absolute atomic E-state index is 10.9. The molecule has 2 aromatic rings. The summed E-state index contributed by atoms with van der Waals surface area (Å²) < 4.78 is 2.59. The normalized spacial score (nSPS) is 10.3. The molecule has 3 nitrogen and oxygen atoms in total. The molecule has 0 aliphatic heterocycles. The lowest BCUT2D eigenvalue weighted by molar-refractivity contribution is 0.0697. The van der Waals surface area contributed by atoms with E-state index in [2.05, 4.69) is 0 Å². The summed E-state index contributed by atoms with van der Waals surface area (Å²) in [6.45, 7) is 1.94. The lowest BCUT2D eigenvalue weighted by Crippen LogP contribution is -2.00. The predicted molar refractivity (Wildman–Crippen MR) is 66.2 cm³/mol. The third kappa shape index (κ3) is 1.91. The summed E-state index contributed by atoms with van der Waals surface area (Å²) in [5.74, 6) is -0.929. The molecule has 0 bridgehead atoms. The van der Waals surface area contributed by atoms with Gasteiger partial charge >= 0.3 is 5.97 Å². The number of nitrogens with zero attached hydrogens (tertiary/aromatic N) is 1. The van der Waals surface area contributed by atoms with Crippen LogP contribution in [-0.4, -0.2) is 15.6 Å². The minimum Gasteiger partial charge on any atom is -0.478 e. The molecule has 2 rings (SSSR count). The summed E-state index contributed by atoms with van der Waals surface area (Å²) in [4.78, 5) is 10.9. The van der Waals surface area contributed by atoms with E-state index in [1.807, 2.05) is 22.9 Å². The highest BCUT2D eigenvalue weighted by atomic mass is 32.1. The Balaban J connectivity index is 2.61. The molecule has 0 saturated carbocycles. The van der Waals surface area contributed by atoms with Crippen molar-refractivity contribution in [3.05, 3.63) is 44.9 Å². The molecule has 82 valence electrons. The van der Waals surface area contributed by atoms with Crippen molar-refractivity contribution >= 4 is 29.5 Å². The molecule has 0 amide bonds. The standard InChI is InChI=1S/C11H9NO2S2/c1-7-6-16-11(15)12(7)9-4-2-3-8(5-9)10(13)14/h2-6H,1H3,(H,13,14). The Hall–Kier alpha value is -1.46. The van der Waals surface area contributed by atoms with E-state index in [0.717, 1.165) is 15.3 Å². The van der Waals surface area contributed by atoms with Crippen molar-refractivity contribution < 1.29 is 9.90 Å². The summed E-state index contributed by atoms with van der Waals surface area (Å²) in [5, 5.41) is 10.9. The molecule has 0 radical (unpaired) electrons. The van der Waals surface area contributed by atoms with Crippen molar-refractivity contribution in [3.8, 4) is 5.69 Å². The summed E-state index contributed by atoms with van der Waals surface area (Å²) in [6, 6.07) is 6.76. The highest BCUT2D eigenvalue weighted by Gasteiger charge is 2.06. The molecular weight excluding hydrogens is 242 g/mol. The fourth-order valence-corrected chi connectivity index (χ4v) is 2.60. The number of thiazole rings is 1. The van der Waals surface area contributed by atoms with Crippen LogP contribution in [0.15, 0.2) is 29.6 Å². The predicted octanol–water partition coefficient (Wildman–Crippen LogP) is 3.27. The van der Waals surface area contributed by atoms with E-state index < -0.39 is 5.97 Å². The molecule has 0 fully saturated rings. The van der Waals surface area contributed by atoms with E-state index in [1.54, 1.807) is 18.2 Å². The van der Waals surface area contributed by atoms with Crippen LogP contribution in [0.5, 0.6) is 0 Å². The minimum atomic E-state index is -0.929. The Bertz CT molecular complexity index is 598. The Morgan fingerprint density at radius 1 is 1.50 bits per heavy atom. The van der Waals surface area contributed by atoms with Gasteiger partial charge in [0.15, 0.2) is 3.95 Å². The van der Waals surface area contributed by atoms with Gasteiger partial charge in [-0.1, -0.05) is 6.07 Å². The molecule has 0 aliphatic rings. The molecule has 1 aromatic carbocycles. The highest BCUT2D eigenvalue weighted by Crippen LogP contribution is 2.18. The van der Waals surface area contributed by atoms with Gasteiger partial charge in [0.25, 0.3) is 0 Å². The van der Waals surface area contributed by atoms with E-state index in [0.29, 0.717) is 0 Å². The molecule has 16 heavy (non-hydrogen) atoms. The second-order valence-electron chi connectivity index (χ2n) is 3.33. The van der Waals surface area contributed by atoms with Crippen molar-refractivity contribution in [1.82, 2.24) is 4.57 Å². The molecule has 5 heteroatoms. The number of aromatic carboxylic acids is 1. The molecule has 0 aliphatic carbocycles. The van der Waals surface area contributed by atoms with Crippen LogP contribution in [0.1, 0.15) is 16.1 Å². The van der Waals surface area contributed by atoms with Gasteiger partial charge in [0.05, 0.1) is 5.56 Å². The highest BCUT2D eigenvalue weighted by molar-refractivity contribution is 7.73. The van der Waals surface area contributed by atoms with Crippen molar-refractivity contribution in [2.75, 3.05) is 0 Å². The second kappa shape index (κ2) is 4.19. The smallest absolute Gasteiger partial charge is 0.335 e. The number of rotatable bonds is 2. The quantitative estimate of drug-likeness (QED) is 0.833. The molecule has 0 atom stereocenters. The Kier molecular flexibility index (Phi) is 2.89. The zero-order chi connectivity index (χ0) is 11.7. The van der Waals surface area contributed by atoms with Crippen LogP contribution < -0.4 is 0 Å². The monoisotopic (exact) mass is 251 g/mol. The van der Waals surface area contributed by atoms with Gasteiger partial charge in [0, 0.05) is 16.8 Å². The van der Waals surface area contributed by atoms with Crippen molar-refractivity contribution in [2.24, 2.45) is 0 Å². The van der Waals surface area contributed by atoms with Gasteiger partial charge in [-0.2, -0.15) is 0 Å². The molecule has 0 unspecified atom stereocenters. The molecule has 1 heterocycles. The van der Waals surface area contributed by atoms with E-state index >= 15 is 0 Å². The molecule has 0 saturated heterocycles. The van der Waals surface area contributed by atoms with E-state index in [9.17, 15) is 4.79 Å². The van der Waals surface area contributed by atoms with Crippen LogP contribution >= 0.6 is 23.6 Å². The van der Waals surface area contributed by atoms with Gasteiger partial charge in [0.1, 0.15) is 0 Å². The molecular formula is C11H9NO2S2. The Morgan fingerprint density at radius 3 is 2.81 bits per heavy atom. The SMILES string of the molecule is Cc1csc(=S)n1-c1cccc(C(=O)O)c1. The number of hydrogen-bond acceptors (Lipinski definition) is 3. The lowest BCUT2D eigenvalue weighted by Gasteiger charge is -2.06. The average molecular weight is 251 g/mol. The van der Waals surface area contributed by atoms with Crippen LogP contribution in [0.4, 0.5) is 0 Å². The molecule has 0 spiro atoms. The van der Waals surface area contributed by atoms with Crippen LogP contribution in [0.25, 0.3) is 5.69 Å². The number of benzene rings is 1. The number of carboxylic acid groups (broad SMARTS) is 1. The van der Waals surface area contributed by atoms with Crippen LogP contribution in [0.3, 0.4) is 0 Å². The number of aryl methyl sites for hydroxylation is 1. The van der Waals surface area contributed by atoms with Crippen LogP contribution in [0.2, 0.25) is 0 Å². The molecule has 1 aromatic heterocycles. The number of carbonyl (C=O) groups is 1. The first-order valence-electron chi connectivity index (χ1n) is 4.60. The van der Waals surface area contributed by atoms with Crippen molar-refractivity contribution in [3.63, 3.8) is 0 Å². The minimum absolute atomic E-state index is 0.269. The first-order chi connectivity index (χ1) is 7.59. The Morgan fingerprint density at radius 2 is 2.25 bits per heavy atom. The summed E-state index contributed by atoms with van der Waals surface area (Å²) >= 11 is 6.67. The lowest BCUT2D eigenvalue weighted by atomic mass is 10.2. The Labute approximate surface area is 102 Å². The van der Waals surface area contributed by atoms with E-state index in [-0.39, 0.29) is 5.56 Å². The first kappa shape index (κ1) is 11.0. The zero-order valence-corrected chi connectivity index (χ0v) is 10.1. The van der Waals surface area contributed by atoms with Gasteiger partial charge in [-0.3, -0.25) is 4.57 Å². The van der Waals surface area contributed by atoms with Crippen molar-refractivity contribution in [2.45, 2.75) is 6.92 Å². The van der Waals surface area contributed by atoms with Gasteiger partial charge in [0.2, 0.25) is 0 Å². The van der Waals surface area contributed by atoms with E-state index in [1.165, 1.54) is 11.3 Å². The third-order valence-corrected chi connectivity index (χ3v) is 3.53. The fraction of sp³-hybridized carbons (Fsp3) is 0.0909. The fourth-order valence-electron chi connectivity index (χ4n) is 1.47. The van der Waals surface area contributed by atoms with Crippen LogP contribution in [-0.2, 0) is 0 Å². The first-order valence-corrected chi connectivity index (χ1v) is 5.89. The number of aromatic nitrogens is 1. The van der Waals surface area contributed by atoms with Crippen LogP contribution in [0, 0.1) is 10.9 Å². The maximum atomic E-state index is 10.9. The topological polar surface area (TPSA) is 42.2 Å². The largest absolute Gasteiger partial charge is 0.478 e. The second-order valence-corrected chi connectivity index (χ2v) is 4.84. The zero-order valence-electron chi connectivity index (χ0n) is 8.51. The van der Waals surface area contributed by atoms with Gasteiger partial charge in [-0.15, -0.1) is 11.3 Å². The summed E-state index contributed by atoms with van der Waals surface area (Å²) in [5.41, 5.74) is 2.08. The van der Waals surface area contributed by atoms with Gasteiger partial charge < -0.3 is 5.11 Å². The summed E-state index contributed by atoms with van der Waals surface area (Å²) in [6.07, 6.45) is 0. The van der Waals surface area contributed by atoms with Gasteiger partial charge in [-0.05, 0) is 37.3 Å². The third-order valence-electron chi connectivity index (χ3n) is 2.22. The summed E-state index contributed by atoms with van der Waals surface area (Å²) in [7, 11) is 0. The average Bonchev–Trinajstić information content (AvgIpc) is 2.59. The molecule has 1 N–H and O–H groups in total. The number of carboxylic acids is 1.